The molecule has 0 heterocycles. The first-order valence-corrected chi connectivity index (χ1v) is 14.1. The number of nitrogens with zero attached hydrogens (tertiary/aromatic N) is 2. The third kappa shape index (κ3) is 15.6. The van der Waals surface area contributed by atoms with Crippen molar-refractivity contribution in [2.45, 2.75) is 39.6 Å². The number of carbonyl (C=O) groups excluding carboxylic acids is 4. The van der Waals surface area contributed by atoms with Crippen molar-refractivity contribution in [1.29, 1.82) is 0 Å². The van der Waals surface area contributed by atoms with Crippen LogP contribution in [0.4, 0.5) is 0 Å². The molecule has 43 heavy (non-hydrogen) atoms. The zero-order chi connectivity index (χ0) is 32.7. The van der Waals surface area contributed by atoms with Crippen LogP contribution >= 0.6 is 23.2 Å². The number of hydrogen-bond acceptors (Lipinski definition) is 10. The second kappa shape index (κ2) is 19.0. The lowest BCUT2D eigenvalue weighted by Gasteiger charge is -2.26. The number of halogens is 2. The average Bonchev–Trinajstić information content (AvgIpc) is 2.89. The van der Waals surface area contributed by atoms with Gasteiger partial charge in [-0.1, -0.05) is 44.0 Å². The van der Waals surface area contributed by atoms with Crippen molar-refractivity contribution in [2.24, 2.45) is 5.92 Å². The summed E-state index contributed by atoms with van der Waals surface area (Å²) in [6.07, 6.45) is 0.208. The Kier molecular flexibility index (Phi) is 16.6. The Labute approximate surface area is 260 Å². The smallest absolute Gasteiger partial charge is 0.498 e. The fraction of sp³-hybridized carbons (Fsp3) is 0.538. The van der Waals surface area contributed by atoms with Crippen LogP contribution in [0.1, 0.15) is 44.0 Å². The molecule has 0 saturated heterocycles. The Balaban J connectivity index is 2.91. The maximum Gasteiger partial charge on any atom is 0.622 e. The molecule has 0 saturated carbocycles. The number of amides is 2. The van der Waals surface area contributed by atoms with E-state index in [1.807, 2.05) is 13.8 Å². The summed E-state index contributed by atoms with van der Waals surface area (Å²) in [6.45, 7) is 3.61. The number of rotatable bonds is 19. The molecule has 0 radical (unpaired) electrons. The third-order valence-electron chi connectivity index (χ3n) is 5.68. The minimum absolute atomic E-state index is 0.0320. The topological polar surface area (TPSA) is 192 Å². The van der Waals surface area contributed by atoms with E-state index in [2.05, 4.69) is 10.6 Å². The van der Waals surface area contributed by atoms with Gasteiger partial charge in [0.15, 0.2) is 0 Å². The molecule has 1 atom stereocenters. The van der Waals surface area contributed by atoms with Gasteiger partial charge in [0.2, 0.25) is 5.91 Å². The van der Waals surface area contributed by atoms with E-state index in [-0.39, 0.29) is 54.0 Å². The van der Waals surface area contributed by atoms with E-state index in [9.17, 15) is 28.8 Å². The molecule has 0 aliphatic heterocycles. The van der Waals surface area contributed by atoms with Crippen molar-refractivity contribution in [3.63, 3.8) is 0 Å². The Morgan fingerprint density at radius 1 is 0.953 bits per heavy atom. The summed E-state index contributed by atoms with van der Waals surface area (Å²) < 4.78 is 10.8. The molecule has 0 aliphatic carbocycles. The summed E-state index contributed by atoms with van der Waals surface area (Å²) in [5, 5.41) is 23.5. The lowest BCUT2D eigenvalue weighted by molar-refractivity contribution is -0.144. The summed E-state index contributed by atoms with van der Waals surface area (Å²) in [5.74, 6) is -6.20. The van der Waals surface area contributed by atoms with Gasteiger partial charge < -0.3 is 30.2 Å². The van der Waals surface area contributed by atoms with Crippen LogP contribution < -0.4 is 10.6 Å². The minimum atomic E-state index is -1.49. The predicted octanol–water partition coefficient (Wildman–Crippen LogP) is 1.18. The van der Waals surface area contributed by atoms with Crippen LogP contribution in [0.5, 0.6) is 0 Å². The molecule has 0 aromatic heterocycles. The zero-order valence-corrected chi connectivity index (χ0v) is 25.9. The zero-order valence-electron chi connectivity index (χ0n) is 24.4. The van der Waals surface area contributed by atoms with Gasteiger partial charge in [0.1, 0.15) is 0 Å². The Morgan fingerprint density at radius 3 is 2.12 bits per heavy atom. The highest BCUT2D eigenvalue weighted by Gasteiger charge is 2.39. The van der Waals surface area contributed by atoms with Gasteiger partial charge in [-0.2, -0.15) is 0 Å². The first-order valence-electron chi connectivity index (χ1n) is 13.4. The first-order chi connectivity index (χ1) is 20.1. The monoisotopic (exact) mass is 646 g/mol. The number of aliphatic carboxylic acids is 2. The maximum atomic E-state index is 12.8. The summed E-state index contributed by atoms with van der Waals surface area (Å²) in [5.41, 5.74) is 0.0718. The van der Waals surface area contributed by atoms with E-state index in [0.29, 0.717) is 0 Å². The van der Waals surface area contributed by atoms with Crippen molar-refractivity contribution < 1.29 is 48.3 Å². The van der Waals surface area contributed by atoms with Crippen LogP contribution in [0, 0.1) is 5.92 Å². The van der Waals surface area contributed by atoms with Crippen molar-refractivity contribution in [2.75, 3.05) is 46.3 Å². The molecule has 0 unspecified atom stereocenters. The maximum absolute atomic E-state index is 12.8. The summed E-state index contributed by atoms with van der Waals surface area (Å²) in [6, 6.07) is 4.30. The summed E-state index contributed by atoms with van der Waals surface area (Å²) in [4.78, 5) is 74.9. The highest BCUT2D eigenvalue weighted by atomic mass is 35.5. The van der Waals surface area contributed by atoms with Crippen molar-refractivity contribution in [3.8, 4) is 0 Å². The molecular weight excluding hydrogens is 610 g/mol. The van der Waals surface area contributed by atoms with Gasteiger partial charge in [0.05, 0.1) is 42.7 Å². The van der Waals surface area contributed by atoms with Crippen LogP contribution in [0.2, 0.25) is 10.0 Å². The molecule has 1 aromatic carbocycles. The van der Waals surface area contributed by atoms with E-state index in [4.69, 9.17) is 42.7 Å². The Morgan fingerprint density at radius 2 is 1.56 bits per heavy atom. The lowest BCUT2D eigenvalue weighted by Crippen LogP contribution is -2.54. The van der Waals surface area contributed by atoms with Gasteiger partial charge in [-0.25, -0.2) is 0 Å². The van der Waals surface area contributed by atoms with Crippen LogP contribution in [0.3, 0.4) is 0 Å². The number of likely N-dealkylation sites (N-methyl/N-ethyl adjacent to an activating group) is 1. The van der Waals surface area contributed by atoms with Gasteiger partial charge in [0, 0.05) is 24.5 Å². The molecule has 0 bridgehead atoms. The molecule has 0 fully saturated rings. The van der Waals surface area contributed by atoms with E-state index < -0.39 is 68.4 Å². The van der Waals surface area contributed by atoms with Gasteiger partial charge in [-0.3, -0.25) is 38.6 Å². The number of nitrogens with one attached hydrogen (secondary N) is 2. The quantitative estimate of drug-likeness (QED) is 0.157. The number of carboxylic acid groups (broad SMARTS) is 2. The predicted molar refractivity (Wildman–Crippen MR) is 158 cm³/mol. The normalized spacial score (nSPS) is 11.7. The number of hydrogen-bond donors (Lipinski definition) is 4. The van der Waals surface area contributed by atoms with Crippen LogP contribution in [-0.4, -0.2) is 115 Å². The standard InChI is InChI=1S/C26H37BCl2N4O10/c1-5-24(39)42-27(43-25(40)15-32(4)8-9-33(13-22(35)36)14-23(37)38)20(10-16(2)3)31-21(34)12-30-26(41)18-11-17(28)6-7-19(18)29/h6-7,11,16,20H,5,8-10,12-15H2,1-4H3,(H,30,41)(H,31,34)(H,35,36)(H,37,38)/t20-/m0/s1. The number of carboxylic acids is 2. The van der Waals surface area contributed by atoms with Crippen LogP contribution in [-0.2, 0) is 33.3 Å². The summed E-state index contributed by atoms with van der Waals surface area (Å²) >= 11 is 12.0. The molecule has 0 aliphatic rings. The molecule has 238 valence electrons. The van der Waals surface area contributed by atoms with E-state index in [0.717, 1.165) is 0 Å². The molecule has 4 N–H and O–H groups in total. The Hall–Kier alpha value is -3.40. The fourth-order valence-corrected chi connectivity index (χ4v) is 4.08. The SMILES string of the molecule is CCC(=O)OB(OC(=O)CN(C)CCN(CC(=O)O)CC(=O)O)[C@H](CC(C)C)NC(=O)CNC(=O)c1cc(Cl)ccc1Cl. The second-order valence-corrected chi connectivity index (χ2v) is 10.9. The average molecular weight is 647 g/mol. The van der Waals surface area contributed by atoms with Gasteiger partial charge in [0.25, 0.3) is 11.9 Å². The molecule has 0 spiro atoms. The van der Waals surface area contributed by atoms with E-state index in [1.165, 1.54) is 35.0 Å². The second-order valence-electron chi connectivity index (χ2n) is 10.0. The highest BCUT2D eigenvalue weighted by molar-refractivity contribution is 6.51. The molecule has 17 heteroatoms. The highest BCUT2D eigenvalue weighted by Crippen LogP contribution is 2.20. The molecular formula is C26H37BCl2N4O10. The van der Waals surface area contributed by atoms with E-state index >= 15 is 0 Å². The van der Waals surface area contributed by atoms with Gasteiger partial charge >= 0.3 is 25.0 Å². The van der Waals surface area contributed by atoms with Crippen molar-refractivity contribution in [1.82, 2.24) is 20.4 Å². The molecule has 1 aromatic rings. The van der Waals surface area contributed by atoms with Crippen molar-refractivity contribution in [3.05, 3.63) is 33.8 Å². The van der Waals surface area contributed by atoms with Gasteiger partial charge in [-0.15, -0.1) is 0 Å². The fourth-order valence-electron chi connectivity index (χ4n) is 3.71. The van der Waals surface area contributed by atoms with Crippen molar-refractivity contribution >= 4 is 66.0 Å². The molecule has 1 rings (SSSR count). The third-order valence-corrected chi connectivity index (χ3v) is 6.25. The Bertz CT molecular complexity index is 1140. The minimum Gasteiger partial charge on any atom is -0.498 e. The van der Waals surface area contributed by atoms with Gasteiger partial charge in [-0.05, 0) is 37.6 Å². The number of carbonyl (C=O) groups is 6. The summed E-state index contributed by atoms with van der Waals surface area (Å²) in [7, 11) is 0.0456. The lowest BCUT2D eigenvalue weighted by atomic mass is 9.73. The number of benzene rings is 1. The first kappa shape index (κ1) is 37.6. The largest absolute Gasteiger partial charge is 0.622 e. The van der Waals surface area contributed by atoms with Crippen LogP contribution in [0.25, 0.3) is 0 Å². The van der Waals surface area contributed by atoms with Crippen LogP contribution in [0.15, 0.2) is 18.2 Å². The molecule has 2 amide bonds. The van der Waals surface area contributed by atoms with E-state index in [1.54, 1.807) is 6.92 Å². The molecule has 14 nitrogen and oxygen atoms in total.